The van der Waals surface area contributed by atoms with Crippen molar-refractivity contribution >= 4 is 34.4 Å². The van der Waals surface area contributed by atoms with Gasteiger partial charge in [-0.3, -0.25) is 14.7 Å². The van der Waals surface area contributed by atoms with Gasteiger partial charge in [-0.1, -0.05) is 6.07 Å². The lowest BCUT2D eigenvalue weighted by Gasteiger charge is -2.14. The van der Waals surface area contributed by atoms with Crippen molar-refractivity contribution in [1.82, 2.24) is 10.2 Å². The molecule has 1 aromatic carbocycles. The molecular weight excluding hydrogens is 296 g/mol. The van der Waals surface area contributed by atoms with E-state index in [1.807, 2.05) is 13.0 Å². The molecule has 0 fully saturated rings. The van der Waals surface area contributed by atoms with Crippen molar-refractivity contribution in [3.63, 3.8) is 0 Å². The number of carboxylic acid groups (broad SMARTS) is 2. The molecule has 0 aliphatic rings. The fourth-order valence-electron chi connectivity index (χ4n) is 2.47. The normalized spacial score (nSPS) is 12.5. The van der Waals surface area contributed by atoms with Gasteiger partial charge in [0.15, 0.2) is 0 Å². The Balaban J connectivity index is 2.44. The van der Waals surface area contributed by atoms with Crippen molar-refractivity contribution in [3.05, 3.63) is 29.0 Å². The largest absolute Gasteiger partial charge is 0.481 e. The minimum atomic E-state index is -1.13. The summed E-state index contributed by atoms with van der Waals surface area (Å²) in [4.78, 5) is 22.0. The van der Waals surface area contributed by atoms with E-state index < -0.39 is 24.3 Å². The molecule has 0 bridgehead atoms. The van der Waals surface area contributed by atoms with Gasteiger partial charge in [0, 0.05) is 11.3 Å². The number of benzene rings is 1. The van der Waals surface area contributed by atoms with Crippen molar-refractivity contribution in [3.8, 4) is 0 Å². The van der Waals surface area contributed by atoms with E-state index in [0.717, 1.165) is 27.6 Å². The molecule has 3 N–H and O–H groups in total. The summed E-state index contributed by atoms with van der Waals surface area (Å²) >= 11 is 5.98. The van der Waals surface area contributed by atoms with Crippen LogP contribution < -0.4 is 0 Å². The van der Waals surface area contributed by atoms with E-state index in [9.17, 15) is 14.7 Å². The minimum Gasteiger partial charge on any atom is -0.481 e. The van der Waals surface area contributed by atoms with Crippen LogP contribution in [-0.2, 0) is 21.9 Å². The quantitative estimate of drug-likeness (QED) is 0.710. The molecular formula is C14H15ClN2O4. The Morgan fingerprint density at radius 3 is 2.71 bits per heavy atom. The lowest BCUT2D eigenvalue weighted by Crippen LogP contribution is -2.20. The van der Waals surface area contributed by atoms with E-state index >= 15 is 0 Å². The lowest BCUT2D eigenvalue weighted by atomic mass is 9.91. The fourth-order valence-corrected chi connectivity index (χ4v) is 2.79. The van der Waals surface area contributed by atoms with Crippen LogP contribution in [-0.4, -0.2) is 32.3 Å². The number of nitrogens with one attached hydrogen (secondary N) is 1. The summed E-state index contributed by atoms with van der Waals surface area (Å²) in [5.41, 5.74) is 3.33. The van der Waals surface area contributed by atoms with Gasteiger partial charge in [0.05, 0.1) is 24.1 Å². The highest BCUT2D eigenvalue weighted by Gasteiger charge is 2.23. The highest BCUT2D eigenvalue weighted by atomic mass is 35.5. The molecule has 0 spiro atoms. The van der Waals surface area contributed by atoms with Crippen molar-refractivity contribution in [1.29, 1.82) is 0 Å². The second kappa shape index (κ2) is 6.13. The van der Waals surface area contributed by atoms with Gasteiger partial charge in [-0.05, 0) is 30.0 Å². The van der Waals surface area contributed by atoms with Crippen LogP contribution in [0.25, 0.3) is 10.9 Å². The fraction of sp³-hybridized carbons (Fsp3) is 0.357. The molecule has 1 heterocycles. The van der Waals surface area contributed by atoms with Gasteiger partial charge in [0.25, 0.3) is 0 Å². The molecule has 21 heavy (non-hydrogen) atoms. The second-order valence-corrected chi connectivity index (χ2v) is 5.23. The van der Waals surface area contributed by atoms with Crippen LogP contribution in [0.3, 0.4) is 0 Å². The van der Waals surface area contributed by atoms with E-state index in [4.69, 9.17) is 16.7 Å². The van der Waals surface area contributed by atoms with Crippen LogP contribution in [0.4, 0.5) is 0 Å². The molecule has 112 valence electrons. The van der Waals surface area contributed by atoms with Crippen molar-refractivity contribution < 1.29 is 19.8 Å². The van der Waals surface area contributed by atoms with E-state index in [2.05, 4.69) is 10.2 Å². The van der Waals surface area contributed by atoms with E-state index in [0.29, 0.717) is 0 Å². The Kier molecular flexibility index (Phi) is 4.47. The molecule has 0 aliphatic carbocycles. The van der Waals surface area contributed by atoms with E-state index in [1.165, 1.54) is 0 Å². The smallest absolute Gasteiger partial charge is 0.307 e. The van der Waals surface area contributed by atoms with Crippen LogP contribution in [0.2, 0.25) is 0 Å². The van der Waals surface area contributed by atoms with Gasteiger partial charge in [0.1, 0.15) is 0 Å². The summed E-state index contributed by atoms with van der Waals surface area (Å²) in [6.07, 6.45) is 1.36. The van der Waals surface area contributed by atoms with E-state index in [1.54, 1.807) is 6.20 Å². The average molecular weight is 311 g/mol. The maximum atomic E-state index is 11.2. The minimum absolute atomic E-state index is 0.131. The zero-order valence-corrected chi connectivity index (χ0v) is 12.1. The van der Waals surface area contributed by atoms with Crippen LogP contribution in [0.5, 0.6) is 0 Å². The molecule has 2 rings (SSSR count). The predicted octanol–water partition coefficient (Wildman–Crippen LogP) is 2.33. The van der Waals surface area contributed by atoms with Gasteiger partial charge in [-0.2, -0.15) is 5.10 Å². The first-order valence-electron chi connectivity index (χ1n) is 6.39. The number of rotatable bonds is 6. The number of aromatic amines is 1. The SMILES string of the molecule is Cc1cc(C[C@@H](CC(=O)O)C(=O)O)c(CCl)c2cn[nH]c12. The Morgan fingerprint density at radius 2 is 2.14 bits per heavy atom. The summed E-state index contributed by atoms with van der Waals surface area (Å²) in [5.74, 6) is -3.02. The number of carbonyl (C=O) groups is 2. The molecule has 1 aromatic heterocycles. The number of hydrogen-bond acceptors (Lipinski definition) is 3. The molecule has 0 saturated heterocycles. The topological polar surface area (TPSA) is 103 Å². The zero-order chi connectivity index (χ0) is 15.6. The Morgan fingerprint density at radius 1 is 1.43 bits per heavy atom. The first-order valence-corrected chi connectivity index (χ1v) is 6.92. The van der Waals surface area contributed by atoms with Crippen molar-refractivity contribution in [2.75, 3.05) is 0 Å². The van der Waals surface area contributed by atoms with Gasteiger partial charge in [-0.25, -0.2) is 0 Å². The zero-order valence-electron chi connectivity index (χ0n) is 11.4. The number of alkyl halides is 1. The van der Waals surface area contributed by atoms with Crippen LogP contribution in [0.15, 0.2) is 12.3 Å². The Hall–Kier alpha value is -2.08. The monoisotopic (exact) mass is 310 g/mol. The number of aromatic nitrogens is 2. The molecule has 0 aliphatic heterocycles. The highest BCUT2D eigenvalue weighted by Crippen LogP contribution is 2.28. The van der Waals surface area contributed by atoms with Crippen LogP contribution >= 0.6 is 11.6 Å². The molecule has 6 nitrogen and oxygen atoms in total. The standard InChI is InChI=1S/C14H15ClN2O4/c1-7-2-8(3-9(14(20)21)4-12(18)19)10(5-15)11-6-16-17-13(7)11/h2,6,9H,3-5H2,1H3,(H,16,17)(H,18,19)(H,20,21)/t9-/m0/s1. The van der Waals surface area contributed by atoms with Crippen LogP contribution in [0.1, 0.15) is 23.1 Å². The van der Waals surface area contributed by atoms with Gasteiger partial charge in [0.2, 0.25) is 0 Å². The van der Waals surface area contributed by atoms with Crippen LogP contribution in [0, 0.1) is 12.8 Å². The summed E-state index contributed by atoms with van der Waals surface area (Å²) in [7, 11) is 0. The number of halogens is 1. The summed E-state index contributed by atoms with van der Waals surface area (Å²) in [6.45, 7) is 1.88. The molecule has 7 heteroatoms. The van der Waals surface area contributed by atoms with Gasteiger partial charge in [-0.15, -0.1) is 11.6 Å². The highest BCUT2D eigenvalue weighted by molar-refractivity contribution is 6.18. The summed E-state index contributed by atoms with van der Waals surface area (Å²) in [6, 6.07) is 1.84. The third-order valence-corrected chi connectivity index (χ3v) is 3.77. The van der Waals surface area contributed by atoms with Gasteiger partial charge < -0.3 is 10.2 Å². The third-order valence-electron chi connectivity index (χ3n) is 3.51. The maximum absolute atomic E-state index is 11.2. The number of fused-ring (bicyclic) bond motifs is 1. The van der Waals surface area contributed by atoms with Gasteiger partial charge >= 0.3 is 11.9 Å². The molecule has 0 amide bonds. The third kappa shape index (κ3) is 3.16. The Bertz CT molecular complexity index is 696. The molecule has 1 atom stereocenters. The predicted molar refractivity (Wildman–Crippen MR) is 77.5 cm³/mol. The first-order chi connectivity index (χ1) is 9.93. The number of aliphatic carboxylic acids is 2. The molecule has 2 aromatic rings. The molecule has 0 saturated carbocycles. The number of aryl methyl sites for hydroxylation is 1. The second-order valence-electron chi connectivity index (χ2n) is 4.96. The number of carboxylic acids is 2. The first kappa shape index (κ1) is 15.3. The molecule has 0 unspecified atom stereocenters. The summed E-state index contributed by atoms with van der Waals surface area (Å²) < 4.78 is 0. The van der Waals surface area contributed by atoms with Crippen molar-refractivity contribution in [2.45, 2.75) is 25.6 Å². The van der Waals surface area contributed by atoms with Crippen molar-refractivity contribution in [2.24, 2.45) is 5.92 Å². The number of hydrogen-bond donors (Lipinski definition) is 3. The molecule has 0 radical (unpaired) electrons. The van der Waals surface area contributed by atoms with E-state index in [-0.39, 0.29) is 12.3 Å². The lowest BCUT2D eigenvalue weighted by molar-refractivity contribution is -0.148. The number of nitrogens with zero attached hydrogens (tertiary/aromatic N) is 1. The summed E-state index contributed by atoms with van der Waals surface area (Å²) in [5, 5.41) is 25.7. The number of H-pyrrole nitrogens is 1. The Labute approximate surface area is 125 Å². The average Bonchev–Trinajstić information content (AvgIpc) is 2.87. The maximum Gasteiger partial charge on any atom is 0.307 e.